The summed E-state index contributed by atoms with van der Waals surface area (Å²) in [6.07, 6.45) is 12.7. The molecule has 2 aliphatic rings. The zero-order valence-corrected chi connectivity index (χ0v) is 26.9. The monoisotopic (exact) mass is 613 g/mol. The Hall–Kier alpha value is -5.06. The highest BCUT2D eigenvalue weighted by Crippen LogP contribution is 2.54. The fraction of sp³-hybridized carbons (Fsp3) is 0.119. The summed E-state index contributed by atoms with van der Waals surface area (Å²) in [6.45, 7) is 4.41. The van der Waals surface area contributed by atoms with Gasteiger partial charge in [0.2, 0.25) is 0 Å². The van der Waals surface area contributed by atoms with Crippen LogP contribution in [0.25, 0.3) is 38.6 Å². The molecule has 46 heavy (non-hydrogen) atoms. The van der Waals surface area contributed by atoms with E-state index in [0.29, 0.717) is 5.92 Å². The Morgan fingerprint density at radius 3 is 2.43 bits per heavy atom. The normalized spacial score (nSPS) is 16.2. The molecule has 0 bridgehead atoms. The van der Waals surface area contributed by atoms with Crippen LogP contribution < -0.4 is 4.90 Å². The molecule has 5 aromatic carbocycles. The third-order valence-corrected chi connectivity index (χ3v) is 10.4. The molecule has 3 heterocycles. The molecular formula is C42H35N3S. The number of hydrogen-bond acceptors (Lipinski definition) is 3. The SMILES string of the molecule is C/C=C(\C=C(/CC)n1c2ccccc2c2cc(N3c4ccccc4Sc4c(-c5ccccc5)cccc43)ccc21)C1C=CN=CC1. The average molecular weight is 614 g/mol. The van der Waals surface area contributed by atoms with Crippen LogP contribution in [0.4, 0.5) is 17.1 Å². The van der Waals surface area contributed by atoms with Crippen molar-refractivity contribution in [2.24, 2.45) is 10.9 Å². The number of rotatable bonds is 6. The first kappa shape index (κ1) is 28.4. The van der Waals surface area contributed by atoms with E-state index < -0.39 is 0 Å². The largest absolute Gasteiger partial charge is 0.313 e. The Labute approximate surface area is 274 Å². The van der Waals surface area contributed by atoms with Gasteiger partial charge in [-0.1, -0.05) is 104 Å². The molecule has 1 unspecified atom stereocenters. The molecule has 0 N–H and O–H groups in total. The van der Waals surface area contributed by atoms with Gasteiger partial charge in [0.1, 0.15) is 0 Å². The van der Waals surface area contributed by atoms with Crippen LogP contribution in [-0.2, 0) is 0 Å². The van der Waals surface area contributed by atoms with Gasteiger partial charge in [0.15, 0.2) is 0 Å². The minimum Gasteiger partial charge on any atom is -0.313 e. The van der Waals surface area contributed by atoms with Gasteiger partial charge in [0, 0.05) is 50.3 Å². The Balaban J connectivity index is 1.31. The van der Waals surface area contributed by atoms with Crippen molar-refractivity contribution < 1.29 is 0 Å². The molecule has 0 amide bonds. The highest BCUT2D eigenvalue weighted by atomic mass is 32.2. The van der Waals surface area contributed by atoms with Crippen molar-refractivity contribution in [2.75, 3.05) is 4.90 Å². The molecule has 4 heteroatoms. The number of benzene rings is 5. The van der Waals surface area contributed by atoms with Gasteiger partial charge in [-0.3, -0.25) is 4.99 Å². The molecule has 0 radical (unpaired) electrons. The van der Waals surface area contributed by atoms with Gasteiger partial charge < -0.3 is 9.47 Å². The first-order valence-corrected chi connectivity index (χ1v) is 16.9. The quantitative estimate of drug-likeness (QED) is 0.174. The smallest absolute Gasteiger partial charge is 0.0607 e. The summed E-state index contributed by atoms with van der Waals surface area (Å²) in [6, 6.07) is 42.1. The molecule has 0 saturated heterocycles. The van der Waals surface area contributed by atoms with Gasteiger partial charge in [-0.2, -0.15) is 0 Å². The van der Waals surface area contributed by atoms with Gasteiger partial charge in [-0.25, -0.2) is 0 Å². The summed E-state index contributed by atoms with van der Waals surface area (Å²) in [5.74, 6) is 0.349. The Kier molecular flexibility index (Phi) is 7.43. The fourth-order valence-corrected chi connectivity index (χ4v) is 8.14. The lowest BCUT2D eigenvalue weighted by Crippen LogP contribution is -2.15. The molecule has 0 spiro atoms. The van der Waals surface area contributed by atoms with E-state index in [4.69, 9.17) is 0 Å². The number of allylic oxidation sites excluding steroid dienone is 5. The van der Waals surface area contributed by atoms with E-state index in [-0.39, 0.29) is 0 Å². The second-order valence-corrected chi connectivity index (χ2v) is 12.8. The first-order chi connectivity index (χ1) is 22.7. The van der Waals surface area contributed by atoms with Gasteiger partial charge in [0.25, 0.3) is 0 Å². The van der Waals surface area contributed by atoms with Crippen molar-refractivity contribution >= 4 is 62.5 Å². The summed E-state index contributed by atoms with van der Waals surface area (Å²) in [4.78, 5) is 9.30. The number of aromatic nitrogens is 1. The van der Waals surface area contributed by atoms with Gasteiger partial charge in [-0.05, 0) is 85.0 Å². The number of hydrogen-bond donors (Lipinski definition) is 0. The average Bonchev–Trinajstić information content (AvgIpc) is 3.45. The van der Waals surface area contributed by atoms with Crippen molar-refractivity contribution in [2.45, 2.75) is 36.5 Å². The summed E-state index contributed by atoms with van der Waals surface area (Å²) in [5, 5.41) is 2.53. The van der Waals surface area contributed by atoms with Gasteiger partial charge in [0.05, 0.1) is 22.4 Å². The molecule has 2 aliphatic heterocycles. The topological polar surface area (TPSA) is 20.5 Å². The number of anilines is 3. The first-order valence-electron chi connectivity index (χ1n) is 16.1. The fourth-order valence-electron chi connectivity index (χ4n) is 6.94. The van der Waals surface area contributed by atoms with Gasteiger partial charge in [-0.15, -0.1) is 0 Å². The second-order valence-electron chi connectivity index (χ2n) is 11.8. The lowest BCUT2D eigenvalue weighted by atomic mass is 9.93. The second kappa shape index (κ2) is 12.0. The highest BCUT2D eigenvalue weighted by molar-refractivity contribution is 8.00. The van der Waals surface area contributed by atoms with Crippen molar-refractivity contribution in [3.8, 4) is 11.1 Å². The summed E-state index contributed by atoms with van der Waals surface area (Å²) in [5.41, 5.74) is 11.2. The molecule has 1 atom stereocenters. The van der Waals surface area contributed by atoms with E-state index in [9.17, 15) is 0 Å². The maximum absolute atomic E-state index is 4.31. The number of fused-ring (bicyclic) bond motifs is 5. The summed E-state index contributed by atoms with van der Waals surface area (Å²) >= 11 is 1.87. The minimum absolute atomic E-state index is 0.349. The number of aliphatic imine (C=N–C) groups is 1. The van der Waals surface area contributed by atoms with E-state index >= 15 is 0 Å². The van der Waals surface area contributed by atoms with Crippen LogP contribution in [0.1, 0.15) is 26.7 Å². The van der Waals surface area contributed by atoms with Crippen LogP contribution in [0.2, 0.25) is 0 Å². The lowest BCUT2D eigenvalue weighted by Gasteiger charge is -2.34. The number of nitrogens with zero attached hydrogens (tertiary/aromatic N) is 3. The zero-order chi connectivity index (χ0) is 31.0. The van der Waals surface area contributed by atoms with E-state index in [1.807, 2.05) is 24.2 Å². The van der Waals surface area contributed by atoms with Crippen LogP contribution in [0.15, 0.2) is 160 Å². The minimum atomic E-state index is 0.349. The third-order valence-electron chi connectivity index (χ3n) is 9.17. The highest BCUT2D eigenvalue weighted by Gasteiger charge is 2.27. The van der Waals surface area contributed by atoms with Crippen LogP contribution in [0, 0.1) is 5.92 Å². The molecule has 224 valence electrons. The molecular weight excluding hydrogens is 579 g/mol. The summed E-state index contributed by atoms with van der Waals surface area (Å²) in [7, 11) is 0. The maximum atomic E-state index is 4.31. The third kappa shape index (κ3) is 4.81. The molecule has 3 nitrogen and oxygen atoms in total. The van der Waals surface area contributed by atoms with Gasteiger partial charge >= 0.3 is 0 Å². The number of para-hydroxylation sites is 2. The van der Waals surface area contributed by atoms with Crippen molar-refractivity contribution in [3.05, 3.63) is 145 Å². The van der Waals surface area contributed by atoms with E-state index in [1.165, 1.54) is 65.4 Å². The predicted molar refractivity (Wildman–Crippen MR) is 198 cm³/mol. The predicted octanol–water partition coefficient (Wildman–Crippen LogP) is 12.2. The zero-order valence-electron chi connectivity index (χ0n) is 26.1. The molecule has 6 aromatic rings. The van der Waals surface area contributed by atoms with Crippen molar-refractivity contribution in [1.29, 1.82) is 0 Å². The van der Waals surface area contributed by atoms with Crippen LogP contribution in [0.3, 0.4) is 0 Å². The van der Waals surface area contributed by atoms with Crippen molar-refractivity contribution in [3.63, 3.8) is 0 Å². The van der Waals surface area contributed by atoms with Crippen LogP contribution in [-0.4, -0.2) is 10.8 Å². The van der Waals surface area contributed by atoms with Crippen LogP contribution >= 0.6 is 11.8 Å². The maximum Gasteiger partial charge on any atom is 0.0607 e. The molecule has 1 aromatic heterocycles. The molecule has 8 rings (SSSR count). The standard InChI is InChI=1S/C42H35N3S/c1-3-29(30-23-25-43-26-24-30)27-32(4-2)44-37-17-9-8-15-35(37)36-28-33(21-22-38(36)44)45-39-18-10-11-20-41(39)46-42-34(16-12-19-40(42)45)31-13-6-5-7-14-31/h3,5-23,25-28,30H,4,24H2,1-2H3/b29-3+,32-27+. The lowest BCUT2D eigenvalue weighted by molar-refractivity contribution is 0.813. The Morgan fingerprint density at radius 1 is 0.826 bits per heavy atom. The molecule has 0 aliphatic carbocycles. The van der Waals surface area contributed by atoms with E-state index in [0.717, 1.165) is 18.5 Å². The van der Waals surface area contributed by atoms with E-state index in [1.54, 1.807) is 0 Å². The van der Waals surface area contributed by atoms with Crippen LogP contribution in [0.5, 0.6) is 0 Å². The molecule has 0 saturated carbocycles. The van der Waals surface area contributed by atoms with Crippen molar-refractivity contribution in [1.82, 2.24) is 4.57 Å². The summed E-state index contributed by atoms with van der Waals surface area (Å²) < 4.78 is 2.47. The van der Waals surface area contributed by atoms with E-state index in [2.05, 4.69) is 162 Å². The molecule has 0 fully saturated rings. The Bertz CT molecular complexity index is 2220. The Morgan fingerprint density at radius 2 is 1.61 bits per heavy atom.